The van der Waals surface area contributed by atoms with E-state index in [0.717, 1.165) is 18.7 Å². The van der Waals surface area contributed by atoms with Crippen LogP contribution in [0.1, 0.15) is 21.9 Å². The van der Waals surface area contributed by atoms with E-state index in [2.05, 4.69) is 29.0 Å². The van der Waals surface area contributed by atoms with Crippen molar-refractivity contribution in [2.24, 2.45) is 0 Å². The summed E-state index contributed by atoms with van der Waals surface area (Å²) in [6, 6.07) is 9.88. The zero-order valence-electron chi connectivity index (χ0n) is 12.2. The molecule has 5 nitrogen and oxygen atoms in total. The Morgan fingerprint density at radius 3 is 2.67 bits per heavy atom. The maximum Gasteiger partial charge on any atom is 0.371 e. The van der Waals surface area contributed by atoms with E-state index in [0.29, 0.717) is 12.3 Å². The molecule has 0 saturated carbocycles. The van der Waals surface area contributed by atoms with Crippen molar-refractivity contribution in [3.8, 4) is 0 Å². The molecule has 1 aliphatic heterocycles. The van der Waals surface area contributed by atoms with E-state index in [1.54, 1.807) is 6.07 Å². The first-order valence-corrected chi connectivity index (χ1v) is 6.94. The maximum absolute atomic E-state index is 11.0. The van der Waals surface area contributed by atoms with Gasteiger partial charge in [0.05, 0.1) is 11.4 Å². The minimum Gasteiger partial charge on any atom is -0.475 e. The number of hydrogen-bond donors (Lipinski definition) is 1. The van der Waals surface area contributed by atoms with E-state index in [1.807, 2.05) is 19.1 Å². The molecular formula is C16H18N2O3. The van der Waals surface area contributed by atoms with Gasteiger partial charge in [0.2, 0.25) is 5.76 Å². The van der Waals surface area contributed by atoms with Crippen molar-refractivity contribution in [3.05, 3.63) is 47.4 Å². The molecule has 1 aromatic heterocycles. The summed E-state index contributed by atoms with van der Waals surface area (Å²) in [5.41, 5.74) is 3.29. The molecule has 110 valence electrons. The molecule has 1 aliphatic rings. The lowest BCUT2D eigenvalue weighted by molar-refractivity contribution is 0.0661. The lowest BCUT2D eigenvalue weighted by Crippen LogP contribution is -2.38. The smallest absolute Gasteiger partial charge is 0.371 e. The number of furan rings is 1. The number of anilines is 2. The Hall–Kier alpha value is -2.43. The number of carbonyl (C=O) groups is 1. The Kier molecular flexibility index (Phi) is 3.33. The number of benzene rings is 1. The topological polar surface area (TPSA) is 56.9 Å². The van der Waals surface area contributed by atoms with Crippen LogP contribution in [0.15, 0.2) is 34.7 Å². The predicted molar refractivity (Wildman–Crippen MR) is 81.2 cm³/mol. The Morgan fingerprint density at radius 2 is 2.00 bits per heavy atom. The van der Waals surface area contributed by atoms with Gasteiger partial charge in [0.15, 0.2) is 0 Å². The quantitative estimate of drug-likeness (QED) is 0.940. The second kappa shape index (κ2) is 5.16. The molecule has 0 aliphatic carbocycles. The maximum atomic E-state index is 11.0. The Balaban J connectivity index is 1.89. The van der Waals surface area contributed by atoms with E-state index in [-0.39, 0.29) is 5.76 Å². The van der Waals surface area contributed by atoms with Crippen molar-refractivity contribution in [1.29, 1.82) is 0 Å². The third kappa shape index (κ3) is 2.46. The summed E-state index contributed by atoms with van der Waals surface area (Å²) in [4.78, 5) is 15.5. The van der Waals surface area contributed by atoms with Crippen LogP contribution in [0.4, 0.5) is 11.4 Å². The van der Waals surface area contributed by atoms with Gasteiger partial charge in [-0.1, -0.05) is 12.1 Å². The third-order valence-electron chi connectivity index (χ3n) is 3.93. The van der Waals surface area contributed by atoms with E-state index in [4.69, 9.17) is 9.52 Å². The molecule has 0 fully saturated rings. The molecule has 3 rings (SSSR count). The van der Waals surface area contributed by atoms with E-state index < -0.39 is 5.97 Å². The number of nitrogens with zero attached hydrogens (tertiary/aromatic N) is 2. The molecule has 0 saturated heterocycles. The van der Waals surface area contributed by atoms with Gasteiger partial charge < -0.3 is 19.3 Å². The van der Waals surface area contributed by atoms with Crippen molar-refractivity contribution in [1.82, 2.24) is 0 Å². The highest BCUT2D eigenvalue weighted by molar-refractivity contribution is 5.84. The third-order valence-corrected chi connectivity index (χ3v) is 3.93. The normalized spacial score (nSPS) is 14.2. The first-order chi connectivity index (χ1) is 10.1. The van der Waals surface area contributed by atoms with Crippen LogP contribution in [0.5, 0.6) is 0 Å². The van der Waals surface area contributed by atoms with Crippen LogP contribution in [0.25, 0.3) is 0 Å². The fourth-order valence-electron chi connectivity index (χ4n) is 2.72. The molecule has 0 amide bonds. The molecule has 5 heteroatoms. The summed E-state index contributed by atoms with van der Waals surface area (Å²) in [6.45, 7) is 4.32. The first kappa shape index (κ1) is 13.5. The highest BCUT2D eigenvalue weighted by Crippen LogP contribution is 2.33. The van der Waals surface area contributed by atoms with E-state index in [9.17, 15) is 4.79 Å². The second-order valence-electron chi connectivity index (χ2n) is 5.33. The largest absolute Gasteiger partial charge is 0.475 e. The minimum atomic E-state index is -1.02. The van der Waals surface area contributed by atoms with Crippen molar-refractivity contribution in [2.75, 3.05) is 29.9 Å². The average molecular weight is 286 g/mol. The number of carboxylic acid groups (broad SMARTS) is 1. The molecule has 2 heterocycles. The van der Waals surface area contributed by atoms with Gasteiger partial charge in [-0.25, -0.2) is 4.79 Å². The van der Waals surface area contributed by atoms with Crippen molar-refractivity contribution >= 4 is 17.3 Å². The molecule has 21 heavy (non-hydrogen) atoms. The van der Waals surface area contributed by atoms with Crippen LogP contribution in [0, 0.1) is 6.92 Å². The summed E-state index contributed by atoms with van der Waals surface area (Å²) < 4.78 is 5.29. The minimum absolute atomic E-state index is 0.00455. The van der Waals surface area contributed by atoms with Crippen LogP contribution < -0.4 is 9.80 Å². The predicted octanol–water partition coefficient (Wildman–Crippen LogP) is 2.74. The highest BCUT2D eigenvalue weighted by atomic mass is 16.4. The molecule has 1 aromatic carbocycles. The summed E-state index contributed by atoms with van der Waals surface area (Å²) in [5.74, 6) is -0.350. The standard InChI is InChI=1S/C16H18N2O3/c1-11-12(9-15(21-11)16(19)20)10-18-8-7-17(2)13-5-3-4-6-14(13)18/h3-6,9H,7-8,10H2,1-2H3,(H,19,20). The molecule has 1 N–H and O–H groups in total. The fraction of sp³-hybridized carbons (Fsp3) is 0.312. The van der Waals surface area contributed by atoms with Gasteiger partial charge in [-0.15, -0.1) is 0 Å². The van der Waals surface area contributed by atoms with E-state index in [1.165, 1.54) is 11.4 Å². The molecular weight excluding hydrogens is 268 g/mol. The lowest BCUT2D eigenvalue weighted by atomic mass is 10.1. The second-order valence-corrected chi connectivity index (χ2v) is 5.33. The number of carboxylic acids is 1. The van der Waals surface area contributed by atoms with Gasteiger partial charge in [0.25, 0.3) is 0 Å². The van der Waals surface area contributed by atoms with Crippen molar-refractivity contribution in [2.45, 2.75) is 13.5 Å². The Morgan fingerprint density at radius 1 is 1.29 bits per heavy atom. The Bertz CT molecular complexity index is 678. The summed E-state index contributed by atoms with van der Waals surface area (Å²) in [5, 5.41) is 9.01. The summed E-state index contributed by atoms with van der Waals surface area (Å²) in [6.07, 6.45) is 0. The van der Waals surface area contributed by atoms with Crippen molar-refractivity contribution in [3.63, 3.8) is 0 Å². The average Bonchev–Trinajstić information content (AvgIpc) is 2.84. The van der Waals surface area contributed by atoms with Gasteiger partial charge in [-0.05, 0) is 25.1 Å². The van der Waals surface area contributed by atoms with Crippen molar-refractivity contribution < 1.29 is 14.3 Å². The van der Waals surface area contributed by atoms with Crippen LogP contribution >= 0.6 is 0 Å². The first-order valence-electron chi connectivity index (χ1n) is 6.94. The summed E-state index contributed by atoms with van der Waals surface area (Å²) in [7, 11) is 2.09. The zero-order chi connectivity index (χ0) is 15.0. The number of aryl methyl sites for hydroxylation is 1. The number of aromatic carboxylic acids is 1. The van der Waals surface area contributed by atoms with E-state index >= 15 is 0 Å². The molecule has 0 atom stereocenters. The van der Waals surface area contributed by atoms with Gasteiger partial charge in [-0.2, -0.15) is 0 Å². The van der Waals surface area contributed by atoms with Crippen LogP contribution in [0.2, 0.25) is 0 Å². The number of fused-ring (bicyclic) bond motifs is 1. The highest BCUT2D eigenvalue weighted by Gasteiger charge is 2.22. The van der Waals surface area contributed by atoms with Crippen LogP contribution in [-0.4, -0.2) is 31.2 Å². The van der Waals surface area contributed by atoms with Crippen LogP contribution in [0.3, 0.4) is 0 Å². The molecule has 0 spiro atoms. The Labute approximate surface area is 123 Å². The molecule has 0 bridgehead atoms. The number of hydrogen-bond acceptors (Lipinski definition) is 4. The van der Waals surface area contributed by atoms with Gasteiger partial charge in [0.1, 0.15) is 5.76 Å². The zero-order valence-corrected chi connectivity index (χ0v) is 12.2. The SMILES string of the molecule is Cc1oc(C(=O)O)cc1CN1CCN(C)c2ccccc21. The van der Waals surface area contributed by atoms with Gasteiger partial charge >= 0.3 is 5.97 Å². The van der Waals surface area contributed by atoms with Gasteiger partial charge in [-0.3, -0.25) is 0 Å². The number of rotatable bonds is 3. The molecule has 0 unspecified atom stereocenters. The number of likely N-dealkylation sites (N-methyl/N-ethyl adjacent to an activating group) is 1. The lowest BCUT2D eigenvalue weighted by Gasteiger charge is -2.36. The fourth-order valence-corrected chi connectivity index (χ4v) is 2.72. The van der Waals surface area contributed by atoms with Crippen LogP contribution in [-0.2, 0) is 6.54 Å². The number of para-hydroxylation sites is 2. The molecule has 0 radical (unpaired) electrons. The monoisotopic (exact) mass is 286 g/mol. The molecule has 2 aromatic rings. The summed E-state index contributed by atoms with van der Waals surface area (Å²) >= 11 is 0. The van der Waals surface area contributed by atoms with Gasteiger partial charge in [0, 0.05) is 32.2 Å².